The number of rotatable bonds is 7. The van der Waals surface area contributed by atoms with Crippen LogP contribution in [0.25, 0.3) is 0 Å². The Hall–Kier alpha value is -3.15. The molecule has 28 heavy (non-hydrogen) atoms. The maximum absolute atomic E-state index is 12.0. The topological polar surface area (TPSA) is 77.0 Å². The number of hydrogen-bond donors (Lipinski definition) is 1. The molecule has 0 saturated heterocycles. The number of esters is 1. The van der Waals surface area contributed by atoms with Gasteiger partial charge in [0.05, 0.1) is 17.9 Å². The number of nitrogens with zero attached hydrogens (tertiary/aromatic N) is 1. The summed E-state index contributed by atoms with van der Waals surface area (Å²) in [6, 6.07) is 14.6. The van der Waals surface area contributed by atoms with Crippen LogP contribution in [0.5, 0.6) is 5.75 Å². The molecule has 2 aromatic carbocycles. The van der Waals surface area contributed by atoms with Gasteiger partial charge in [0.2, 0.25) is 0 Å². The minimum absolute atomic E-state index is 0.155. The lowest BCUT2D eigenvalue weighted by atomic mass is 9.90. The first-order chi connectivity index (χ1) is 13.7. The van der Waals surface area contributed by atoms with Crippen molar-refractivity contribution in [1.29, 1.82) is 0 Å². The van der Waals surface area contributed by atoms with Crippen molar-refractivity contribution in [2.24, 2.45) is 5.10 Å². The van der Waals surface area contributed by atoms with Crippen molar-refractivity contribution in [3.63, 3.8) is 0 Å². The van der Waals surface area contributed by atoms with Crippen molar-refractivity contribution < 1.29 is 19.1 Å². The van der Waals surface area contributed by atoms with Gasteiger partial charge in [-0.2, -0.15) is 5.10 Å². The number of fused-ring (bicyclic) bond motifs is 1. The third-order valence-corrected chi connectivity index (χ3v) is 4.40. The van der Waals surface area contributed by atoms with Crippen LogP contribution >= 0.6 is 0 Å². The van der Waals surface area contributed by atoms with E-state index in [0.29, 0.717) is 17.9 Å². The zero-order valence-electron chi connectivity index (χ0n) is 15.9. The molecule has 1 aliphatic rings. The summed E-state index contributed by atoms with van der Waals surface area (Å²) in [7, 11) is 0. The van der Waals surface area contributed by atoms with Crippen LogP contribution in [0.1, 0.15) is 47.7 Å². The SMILES string of the molecule is CCCOC(=O)c1ccc(OCC(=O)N/N=C2/CCCc3ccccc32)cc1. The first-order valence-electron chi connectivity index (χ1n) is 9.51. The van der Waals surface area contributed by atoms with Gasteiger partial charge in [-0.25, -0.2) is 10.2 Å². The largest absolute Gasteiger partial charge is 0.484 e. The smallest absolute Gasteiger partial charge is 0.338 e. The third kappa shape index (κ3) is 5.19. The molecule has 0 aromatic heterocycles. The average Bonchev–Trinajstić information content (AvgIpc) is 2.74. The summed E-state index contributed by atoms with van der Waals surface area (Å²) in [6.07, 6.45) is 3.68. The number of hydrogen-bond acceptors (Lipinski definition) is 5. The highest BCUT2D eigenvalue weighted by molar-refractivity contribution is 6.03. The van der Waals surface area contributed by atoms with E-state index in [0.717, 1.165) is 37.0 Å². The van der Waals surface area contributed by atoms with Gasteiger partial charge in [0, 0.05) is 5.56 Å². The molecule has 1 amide bonds. The van der Waals surface area contributed by atoms with Gasteiger partial charge in [-0.05, 0) is 55.5 Å². The van der Waals surface area contributed by atoms with E-state index in [-0.39, 0.29) is 18.5 Å². The van der Waals surface area contributed by atoms with Crippen LogP contribution < -0.4 is 10.2 Å². The predicted octanol–water partition coefficient (Wildman–Crippen LogP) is 3.49. The van der Waals surface area contributed by atoms with E-state index in [1.165, 1.54) is 5.56 Å². The minimum atomic E-state index is -0.366. The van der Waals surface area contributed by atoms with Crippen LogP contribution in [0.4, 0.5) is 0 Å². The summed E-state index contributed by atoms with van der Waals surface area (Å²) in [5.41, 5.74) is 6.27. The second-order valence-electron chi connectivity index (χ2n) is 6.55. The number of hydrazone groups is 1. The quantitative estimate of drug-likeness (QED) is 0.589. The van der Waals surface area contributed by atoms with Gasteiger partial charge in [-0.15, -0.1) is 0 Å². The highest BCUT2D eigenvalue weighted by atomic mass is 16.5. The molecular formula is C22H24N2O4. The van der Waals surface area contributed by atoms with Gasteiger partial charge >= 0.3 is 5.97 Å². The van der Waals surface area contributed by atoms with Crippen LogP contribution in [-0.4, -0.2) is 30.8 Å². The summed E-state index contributed by atoms with van der Waals surface area (Å²) in [5.74, 6) is -0.199. The molecule has 0 atom stereocenters. The van der Waals surface area contributed by atoms with Crippen LogP contribution in [0.15, 0.2) is 53.6 Å². The molecule has 1 aliphatic carbocycles. The summed E-state index contributed by atoms with van der Waals surface area (Å²) in [5, 5.41) is 4.28. The lowest BCUT2D eigenvalue weighted by molar-refractivity contribution is -0.123. The Morgan fingerprint density at radius 2 is 1.86 bits per heavy atom. The standard InChI is InChI=1S/C22H24N2O4/c1-2-14-27-22(26)17-10-12-18(13-11-17)28-15-21(25)24-23-20-9-5-7-16-6-3-4-8-19(16)20/h3-4,6,8,10-13H,2,5,7,9,14-15H2,1H3,(H,24,25)/b23-20-. The normalized spacial score (nSPS) is 14.2. The molecule has 0 saturated carbocycles. The fraction of sp³-hybridized carbons (Fsp3) is 0.318. The second kappa shape index (κ2) is 9.69. The molecule has 0 aliphatic heterocycles. The Labute approximate surface area is 164 Å². The van der Waals surface area contributed by atoms with E-state index < -0.39 is 0 Å². The van der Waals surface area contributed by atoms with Gasteiger partial charge < -0.3 is 9.47 Å². The fourth-order valence-corrected chi connectivity index (χ4v) is 2.99. The molecule has 6 nitrogen and oxygen atoms in total. The molecular weight excluding hydrogens is 356 g/mol. The van der Waals surface area contributed by atoms with Gasteiger partial charge in [-0.1, -0.05) is 31.2 Å². The molecule has 0 spiro atoms. The predicted molar refractivity (Wildman–Crippen MR) is 107 cm³/mol. The van der Waals surface area contributed by atoms with E-state index in [4.69, 9.17) is 9.47 Å². The van der Waals surface area contributed by atoms with Gasteiger partial charge in [-0.3, -0.25) is 4.79 Å². The second-order valence-corrected chi connectivity index (χ2v) is 6.55. The van der Waals surface area contributed by atoms with Crippen LogP contribution in [0.3, 0.4) is 0 Å². The minimum Gasteiger partial charge on any atom is -0.484 e. The first-order valence-corrected chi connectivity index (χ1v) is 9.51. The molecule has 1 N–H and O–H groups in total. The number of benzene rings is 2. The summed E-state index contributed by atoms with van der Waals surface area (Å²) < 4.78 is 10.5. The van der Waals surface area contributed by atoms with Crippen molar-refractivity contribution in [3.8, 4) is 5.75 Å². The zero-order valence-corrected chi connectivity index (χ0v) is 15.9. The maximum atomic E-state index is 12.0. The Balaban J connectivity index is 1.50. The lowest BCUT2D eigenvalue weighted by Crippen LogP contribution is -2.27. The highest BCUT2D eigenvalue weighted by Gasteiger charge is 2.15. The van der Waals surface area contributed by atoms with Gasteiger partial charge in [0.25, 0.3) is 5.91 Å². The Kier molecular flexibility index (Phi) is 6.78. The van der Waals surface area contributed by atoms with Crippen LogP contribution in [0, 0.1) is 0 Å². The highest BCUT2D eigenvalue weighted by Crippen LogP contribution is 2.21. The maximum Gasteiger partial charge on any atom is 0.338 e. The molecule has 0 heterocycles. The van der Waals surface area contributed by atoms with Crippen molar-refractivity contribution in [2.45, 2.75) is 32.6 Å². The number of aryl methyl sites for hydroxylation is 1. The van der Waals surface area contributed by atoms with Crippen molar-refractivity contribution in [3.05, 3.63) is 65.2 Å². The number of nitrogens with one attached hydrogen (secondary N) is 1. The molecule has 0 bridgehead atoms. The molecule has 6 heteroatoms. The zero-order chi connectivity index (χ0) is 19.8. The van der Waals surface area contributed by atoms with E-state index >= 15 is 0 Å². The Bertz CT molecular complexity index is 859. The summed E-state index contributed by atoms with van der Waals surface area (Å²) in [6.45, 7) is 2.18. The first kappa shape index (κ1) is 19.6. The number of carbonyl (C=O) groups excluding carboxylic acids is 2. The van der Waals surface area contributed by atoms with Crippen molar-refractivity contribution in [1.82, 2.24) is 5.43 Å². The van der Waals surface area contributed by atoms with E-state index in [1.54, 1.807) is 24.3 Å². The Morgan fingerprint density at radius 3 is 2.64 bits per heavy atom. The number of amides is 1. The molecule has 0 unspecified atom stereocenters. The van der Waals surface area contributed by atoms with E-state index in [2.05, 4.69) is 16.6 Å². The van der Waals surface area contributed by atoms with Gasteiger partial charge in [0.1, 0.15) is 5.75 Å². The van der Waals surface area contributed by atoms with Gasteiger partial charge in [0.15, 0.2) is 6.61 Å². The third-order valence-electron chi connectivity index (χ3n) is 4.40. The van der Waals surface area contributed by atoms with Crippen LogP contribution in [-0.2, 0) is 16.0 Å². The summed E-state index contributed by atoms with van der Waals surface area (Å²) >= 11 is 0. The molecule has 0 radical (unpaired) electrons. The van der Waals surface area contributed by atoms with E-state index in [9.17, 15) is 9.59 Å². The number of ether oxygens (including phenoxy) is 2. The van der Waals surface area contributed by atoms with Crippen molar-refractivity contribution >= 4 is 17.6 Å². The summed E-state index contributed by atoms with van der Waals surface area (Å²) in [4.78, 5) is 23.8. The van der Waals surface area contributed by atoms with Crippen LogP contribution in [0.2, 0.25) is 0 Å². The monoisotopic (exact) mass is 380 g/mol. The molecule has 0 fully saturated rings. The fourth-order valence-electron chi connectivity index (χ4n) is 2.99. The molecule has 146 valence electrons. The van der Waals surface area contributed by atoms with E-state index in [1.807, 2.05) is 25.1 Å². The number of carbonyl (C=O) groups is 2. The van der Waals surface area contributed by atoms with Crippen molar-refractivity contribution in [2.75, 3.05) is 13.2 Å². The average molecular weight is 380 g/mol. The molecule has 3 rings (SSSR count). The Morgan fingerprint density at radius 1 is 1.07 bits per heavy atom. The lowest BCUT2D eigenvalue weighted by Gasteiger charge is -2.17. The molecule has 2 aromatic rings.